The Kier molecular flexibility index (Phi) is 4.88. The molecule has 0 saturated heterocycles. The summed E-state index contributed by atoms with van der Waals surface area (Å²) in [6.45, 7) is 8.40. The van der Waals surface area contributed by atoms with Crippen molar-refractivity contribution in [3.8, 4) is 0 Å². The van der Waals surface area contributed by atoms with Gasteiger partial charge in [-0.1, -0.05) is 13.8 Å². The molecule has 2 aromatic heterocycles. The van der Waals surface area contributed by atoms with Crippen LogP contribution in [0.5, 0.6) is 0 Å². The van der Waals surface area contributed by atoms with Gasteiger partial charge >= 0.3 is 0 Å². The average molecular weight is 335 g/mol. The Morgan fingerprint density at radius 2 is 1.96 bits per heavy atom. The molecule has 25 heavy (non-hydrogen) atoms. The molecule has 0 radical (unpaired) electrons. The molecule has 1 amide bonds. The summed E-state index contributed by atoms with van der Waals surface area (Å²) in [7, 11) is 0. The van der Waals surface area contributed by atoms with Gasteiger partial charge in [0.1, 0.15) is 0 Å². The molecule has 0 aliphatic carbocycles. The van der Waals surface area contributed by atoms with Crippen molar-refractivity contribution in [1.82, 2.24) is 9.97 Å². The van der Waals surface area contributed by atoms with Crippen molar-refractivity contribution in [2.24, 2.45) is 5.92 Å². The molecule has 130 valence electrons. The van der Waals surface area contributed by atoms with Crippen LogP contribution in [0.4, 0.5) is 5.69 Å². The molecular weight excluding hydrogens is 310 g/mol. The first-order chi connectivity index (χ1) is 12.0. The van der Waals surface area contributed by atoms with Crippen LogP contribution < -0.4 is 4.90 Å². The van der Waals surface area contributed by atoms with Crippen molar-refractivity contribution in [1.29, 1.82) is 0 Å². The van der Waals surface area contributed by atoms with Crippen molar-refractivity contribution in [3.05, 3.63) is 60.0 Å². The molecule has 3 aromatic rings. The van der Waals surface area contributed by atoms with E-state index in [1.165, 1.54) is 0 Å². The van der Waals surface area contributed by atoms with Gasteiger partial charge < -0.3 is 9.88 Å². The molecule has 0 spiro atoms. The maximum absolute atomic E-state index is 13.2. The van der Waals surface area contributed by atoms with Gasteiger partial charge in [-0.25, -0.2) is 0 Å². The van der Waals surface area contributed by atoms with Gasteiger partial charge in [-0.3, -0.25) is 9.78 Å². The van der Waals surface area contributed by atoms with Gasteiger partial charge in [-0.05, 0) is 62.6 Å². The Hall–Kier alpha value is -2.62. The lowest BCUT2D eigenvalue weighted by Crippen LogP contribution is -2.39. The Balaban J connectivity index is 2.01. The van der Waals surface area contributed by atoms with Gasteiger partial charge in [0.2, 0.25) is 0 Å². The van der Waals surface area contributed by atoms with Gasteiger partial charge in [-0.2, -0.15) is 0 Å². The van der Waals surface area contributed by atoms with E-state index in [1.54, 1.807) is 6.20 Å². The monoisotopic (exact) mass is 335 g/mol. The summed E-state index contributed by atoms with van der Waals surface area (Å²) < 4.78 is 0. The first-order valence-corrected chi connectivity index (χ1v) is 8.79. The number of carbonyl (C=O) groups excluding carboxylic acids is 1. The SMILES string of the molecule is Cc1ccc(C(=O)N(c2ccc3[nH]ccc3c2)C(C)CC(C)C)cn1. The number of anilines is 1. The van der Waals surface area contributed by atoms with Crippen LogP contribution in [0.2, 0.25) is 0 Å². The van der Waals surface area contributed by atoms with Gasteiger partial charge in [-0.15, -0.1) is 0 Å². The lowest BCUT2D eigenvalue weighted by molar-refractivity contribution is 0.0975. The molecule has 1 N–H and O–H groups in total. The summed E-state index contributed by atoms with van der Waals surface area (Å²) >= 11 is 0. The number of fused-ring (bicyclic) bond motifs is 1. The maximum atomic E-state index is 13.2. The first-order valence-electron chi connectivity index (χ1n) is 8.79. The van der Waals surface area contributed by atoms with Crippen LogP contribution in [0.15, 0.2) is 48.8 Å². The van der Waals surface area contributed by atoms with Crippen LogP contribution in [0.1, 0.15) is 43.2 Å². The molecule has 0 fully saturated rings. The number of hydrogen-bond acceptors (Lipinski definition) is 2. The predicted octanol–water partition coefficient (Wildman–Crippen LogP) is 4.95. The highest BCUT2D eigenvalue weighted by atomic mass is 16.2. The Morgan fingerprint density at radius 1 is 1.16 bits per heavy atom. The second-order valence-electron chi connectivity index (χ2n) is 7.09. The third-order valence-electron chi connectivity index (χ3n) is 4.45. The third kappa shape index (κ3) is 3.73. The largest absolute Gasteiger partial charge is 0.361 e. The van der Waals surface area contributed by atoms with E-state index in [2.05, 4.69) is 36.8 Å². The summed E-state index contributed by atoms with van der Waals surface area (Å²) in [5, 5.41) is 1.11. The molecule has 3 rings (SSSR count). The number of rotatable bonds is 5. The fourth-order valence-corrected chi connectivity index (χ4v) is 3.28. The van der Waals surface area contributed by atoms with Gasteiger partial charge in [0.25, 0.3) is 5.91 Å². The van der Waals surface area contributed by atoms with Crippen LogP contribution in [0.3, 0.4) is 0 Å². The standard InChI is InChI=1S/C21H25N3O/c1-14(2)11-16(4)24(21(25)18-6-5-15(3)23-13-18)19-7-8-20-17(12-19)9-10-22-20/h5-10,12-14,16,22H,11H2,1-4H3. The van der Waals surface area contributed by atoms with Crippen molar-refractivity contribution < 1.29 is 4.79 Å². The summed E-state index contributed by atoms with van der Waals surface area (Å²) in [5.41, 5.74) is 3.53. The van der Waals surface area contributed by atoms with Crippen LogP contribution in [-0.4, -0.2) is 21.9 Å². The van der Waals surface area contributed by atoms with E-state index in [-0.39, 0.29) is 11.9 Å². The van der Waals surface area contributed by atoms with E-state index < -0.39 is 0 Å². The fourth-order valence-electron chi connectivity index (χ4n) is 3.28. The van der Waals surface area contributed by atoms with Crippen LogP contribution >= 0.6 is 0 Å². The molecule has 1 aromatic carbocycles. The minimum absolute atomic E-state index is 0.00413. The summed E-state index contributed by atoms with van der Waals surface area (Å²) in [6.07, 6.45) is 4.53. The Morgan fingerprint density at radius 3 is 2.64 bits per heavy atom. The normalized spacial score (nSPS) is 12.5. The van der Waals surface area contributed by atoms with E-state index in [1.807, 2.05) is 48.4 Å². The van der Waals surface area contributed by atoms with Gasteiger partial charge in [0.15, 0.2) is 0 Å². The quantitative estimate of drug-likeness (QED) is 0.717. The number of aryl methyl sites for hydroxylation is 1. The molecule has 0 aliphatic heterocycles. The third-order valence-corrected chi connectivity index (χ3v) is 4.45. The molecule has 4 nitrogen and oxygen atoms in total. The number of aromatic amines is 1. The van der Waals surface area contributed by atoms with Crippen molar-refractivity contribution >= 4 is 22.5 Å². The number of aromatic nitrogens is 2. The zero-order valence-corrected chi connectivity index (χ0v) is 15.3. The maximum Gasteiger partial charge on any atom is 0.260 e. The van der Waals surface area contributed by atoms with Gasteiger partial charge in [0, 0.05) is 40.7 Å². The van der Waals surface area contributed by atoms with Crippen molar-refractivity contribution in [2.45, 2.75) is 40.2 Å². The van der Waals surface area contributed by atoms with E-state index >= 15 is 0 Å². The number of nitrogens with zero attached hydrogens (tertiary/aromatic N) is 2. The van der Waals surface area contributed by atoms with Crippen LogP contribution in [0, 0.1) is 12.8 Å². The number of H-pyrrole nitrogens is 1. The molecule has 1 unspecified atom stereocenters. The molecular formula is C21H25N3O. The zero-order chi connectivity index (χ0) is 18.0. The van der Waals surface area contributed by atoms with E-state index in [9.17, 15) is 4.79 Å². The molecule has 0 saturated carbocycles. The summed E-state index contributed by atoms with van der Waals surface area (Å²) in [5.74, 6) is 0.507. The fraction of sp³-hybridized carbons (Fsp3) is 0.333. The molecule has 1 atom stereocenters. The van der Waals surface area contributed by atoms with Crippen molar-refractivity contribution in [3.63, 3.8) is 0 Å². The molecule has 2 heterocycles. The van der Waals surface area contributed by atoms with Crippen LogP contribution in [-0.2, 0) is 0 Å². The zero-order valence-electron chi connectivity index (χ0n) is 15.3. The Labute approximate surface area is 148 Å². The second-order valence-corrected chi connectivity index (χ2v) is 7.09. The van der Waals surface area contributed by atoms with E-state index in [0.29, 0.717) is 11.5 Å². The minimum atomic E-state index is -0.00413. The first kappa shape index (κ1) is 17.2. The number of pyridine rings is 1. The highest BCUT2D eigenvalue weighted by Crippen LogP contribution is 2.27. The predicted molar refractivity (Wildman–Crippen MR) is 103 cm³/mol. The number of hydrogen-bond donors (Lipinski definition) is 1. The van der Waals surface area contributed by atoms with E-state index in [0.717, 1.165) is 28.7 Å². The molecule has 0 bridgehead atoms. The number of nitrogens with one attached hydrogen (secondary N) is 1. The smallest absolute Gasteiger partial charge is 0.260 e. The number of amides is 1. The lowest BCUT2D eigenvalue weighted by Gasteiger charge is -2.30. The topological polar surface area (TPSA) is 49.0 Å². The lowest BCUT2D eigenvalue weighted by atomic mass is 10.0. The van der Waals surface area contributed by atoms with Crippen molar-refractivity contribution in [2.75, 3.05) is 4.90 Å². The molecule has 4 heteroatoms. The second kappa shape index (κ2) is 7.09. The number of benzene rings is 1. The summed E-state index contributed by atoms with van der Waals surface area (Å²) in [6, 6.07) is 12.0. The summed E-state index contributed by atoms with van der Waals surface area (Å²) in [4.78, 5) is 22.6. The highest BCUT2D eigenvalue weighted by molar-refractivity contribution is 6.07. The van der Waals surface area contributed by atoms with Gasteiger partial charge in [0.05, 0.1) is 5.56 Å². The van der Waals surface area contributed by atoms with E-state index in [4.69, 9.17) is 0 Å². The Bertz CT molecular complexity index is 864. The minimum Gasteiger partial charge on any atom is -0.361 e. The average Bonchev–Trinajstić information content (AvgIpc) is 3.02. The molecule has 0 aliphatic rings. The number of carbonyl (C=O) groups is 1. The highest BCUT2D eigenvalue weighted by Gasteiger charge is 2.24. The van der Waals surface area contributed by atoms with Crippen LogP contribution in [0.25, 0.3) is 10.9 Å².